The molecule has 76 valence electrons. The molecule has 0 amide bonds. The third kappa shape index (κ3) is 1.73. The maximum absolute atomic E-state index is 12.4. The summed E-state index contributed by atoms with van der Waals surface area (Å²) in [7, 11) is 0. The van der Waals surface area contributed by atoms with Crippen LogP contribution in [0.1, 0.15) is 22.3 Å². The predicted octanol–water partition coefficient (Wildman–Crippen LogP) is 3.59. The second kappa shape index (κ2) is 3.77. The van der Waals surface area contributed by atoms with E-state index in [-0.39, 0.29) is 5.56 Å². The molecule has 0 N–H and O–H groups in total. The maximum Gasteiger partial charge on any atom is 0.263 e. The van der Waals surface area contributed by atoms with E-state index in [0.717, 1.165) is 6.29 Å². The Bertz CT molecular complexity index is 506. The monoisotopic (exact) mass is 206 g/mol. The van der Waals surface area contributed by atoms with Gasteiger partial charge in [0.1, 0.15) is 0 Å². The molecule has 0 fully saturated rings. The van der Waals surface area contributed by atoms with Crippen molar-refractivity contribution in [3.05, 3.63) is 47.5 Å². The number of carbonyl (C=O) groups is 1. The van der Waals surface area contributed by atoms with Crippen molar-refractivity contribution in [1.29, 1.82) is 0 Å². The highest BCUT2D eigenvalue weighted by Crippen LogP contribution is 2.25. The predicted molar refractivity (Wildman–Crippen MR) is 54.3 cm³/mol. The normalized spacial score (nSPS) is 10.9. The van der Waals surface area contributed by atoms with Crippen LogP contribution in [0.25, 0.3) is 10.8 Å². The third-order valence-corrected chi connectivity index (χ3v) is 2.32. The molecular formula is C12H8F2O. The molecule has 0 atom stereocenters. The molecule has 15 heavy (non-hydrogen) atoms. The maximum atomic E-state index is 12.4. The molecule has 2 aromatic rings. The number of aldehydes is 1. The number of fused-ring (bicyclic) bond motifs is 1. The van der Waals surface area contributed by atoms with E-state index in [0.29, 0.717) is 16.3 Å². The highest BCUT2D eigenvalue weighted by atomic mass is 19.3. The fourth-order valence-corrected chi connectivity index (χ4v) is 1.57. The molecule has 0 radical (unpaired) electrons. The van der Waals surface area contributed by atoms with Gasteiger partial charge in [0.15, 0.2) is 6.29 Å². The average Bonchev–Trinajstić information content (AvgIpc) is 2.27. The van der Waals surface area contributed by atoms with E-state index in [2.05, 4.69) is 0 Å². The van der Waals surface area contributed by atoms with Crippen LogP contribution in [0, 0.1) is 0 Å². The second-order valence-electron chi connectivity index (χ2n) is 3.25. The minimum atomic E-state index is -2.48. The molecule has 0 spiro atoms. The summed E-state index contributed by atoms with van der Waals surface area (Å²) in [4.78, 5) is 10.7. The van der Waals surface area contributed by atoms with Crippen LogP contribution in [0.3, 0.4) is 0 Å². The van der Waals surface area contributed by atoms with Gasteiger partial charge in [0, 0.05) is 11.1 Å². The molecule has 2 aromatic carbocycles. The smallest absolute Gasteiger partial charge is 0.263 e. The quantitative estimate of drug-likeness (QED) is 0.686. The third-order valence-electron chi connectivity index (χ3n) is 2.32. The molecule has 3 heteroatoms. The standard InChI is InChI=1S/C12H8F2O/c13-12(14)9-4-5-11-8(6-9)2-1-3-10(11)7-15/h1-7,12H. The van der Waals surface area contributed by atoms with Crippen LogP contribution in [0.4, 0.5) is 8.78 Å². The largest absolute Gasteiger partial charge is 0.298 e. The lowest BCUT2D eigenvalue weighted by molar-refractivity contribution is 0.112. The van der Waals surface area contributed by atoms with Crippen LogP contribution in [0.15, 0.2) is 36.4 Å². The molecule has 0 saturated heterocycles. The summed E-state index contributed by atoms with van der Waals surface area (Å²) in [6.45, 7) is 0. The number of rotatable bonds is 2. The van der Waals surface area contributed by atoms with E-state index in [1.165, 1.54) is 12.1 Å². The lowest BCUT2D eigenvalue weighted by atomic mass is 10.0. The molecule has 0 aliphatic heterocycles. The summed E-state index contributed by atoms with van der Waals surface area (Å²) in [5, 5.41) is 1.37. The first-order valence-electron chi connectivity index (χ1n) is 4.48. The van der Waals surface area contributed by atoms with Gasteiger partial charge in [0.05, 0.1) is 0 Å². The summed E-state index contributed by atoms with van der Waals surface area (Å²) in [6, 6.07) is 9.38. The molecule has 0 aliphatic rings. The number of halogens is 2. The van der Waals surface area contributed by atoms with Gasteiger partial charge in [-0.05, 0) is 16.8 Å². The Balaban J connectivity index is 2.69. The van der Waals surface area contributed by atoms with Crippen LogP contribution in [0.2, 0.25) is 0 Å². The van der Waals surface area contributed by atoms with Gasteiger partial charge < -0.3 is 0 Å². The molecule has 1 nitrogen and oxygen atoms in total. The molecule has 0 heterocycles. The summed E-state index contributed by atoms with van der Waals surface area (Å²) >= 11 is 0. The zero-order valence-electron chi connectivity index (χ0n) is 7.78. The average molecular weight is 206 g/mol. The summed E-state index contributed by atoms with van der Waals surface area (Å²) in [6.07, 6.45) is -1.75. The lowest BCUT2D eigenvalue weighted by Gasteiger charge is -2.04. The minimum absolute atomic E-state index is 0.0226. The summed E-state index contributed by atoms with van der Waals surface area (Å²) in [5.74, 6) is 0. The highest BCUT2D eigenvalue weighted by molar-refractivity contribution is 5.98. The Labute approximate surface area is 85.3 Å². The molecule has 2 rings (SSSR count). The molecule has 0 saturated carbocycles. The molecule has 0 aliphatic carbocycles. The van der Waals surface area contributed by atoms with E-state index < -0.39 is 6.43 Å². The van der Waals surface area contributed by atoms with Crippen LogP contribution in [0.5, 0.6) is 0 Å². The van der Waals surface area contributed by atoms with Gasteiger partial charge in [0.2, 0.25) is 0 Å². The first-order chi connectivity index (χ1) is 7.22. The molecule has 0 aromatic heterocycles. The number of hydrogen-bond acceptors (Lipinski definition) is 1. The lowest BCUT2D eigenvalue weighted by Crippen LogP contribution is -1.87. The SMILES string of the molecule is O=Cc1cccc2cc(C(F)F)ccc12. The Morgan fingerprint density at radius 2 is 1.93 bits per heavy atom. The van der Waals surface area contributed by atoms with Crippen LogP contribution >= 0.6 is 0 Å². The van der Waals surface area contributed by atoms with Gasteiger partial charge in [0.25, 0.3) is 6.43 Å². The molecule has 0 bridgehead atoms. The van der Waals surface area contributed by atoms with Gasteiger partial charge in [-0.1, -0.05) is 30.3 Å². The summed E-state index contributed by atoms with van der Waals surface area (Å²) in [5.41, 5.74) is 0.499. The minimum Gasteiger partial charge on any atom is -0.298 e. The van der Waals surface area contributed by atoms with Crippen LogP contribution in [-0.2, 0) is 0 Å². The Morgan fingerprint density at radius 1 is 1.13 bits per heavy atom. The van der Waals surface area contributed by atoms with Crippen molar-refractivity contribution < 1.29 is 13.6 Å². The van der Waals surface area contributed by atoms with Gasteiger partial charge in [-0.15, -0.1) is 0 Å². The fraction of sp³-hybridized carbons (Fsp3) is 0.0833. The zero-order valence-corrected chi connectivity index (χ0v) is 7.78. The second-order valence-corrected chi connectivity index (χ2v) is 3.25. The van der Waals surface area contributed by atoms with Crippen LogP contribution < -0.4 is 0 Å². The van der Waals surface area contributed by atoms with Gasteiger partial charge in [-0.3, -0.25) is 4.79 Å². The van der Waals surface area contributed by atoms with Gasteiger partial charge >= 0.3 is 0 Å². The molecule has 0 unspecified atom stereocenters. The number of alkyl halides is 2. The van der Waals surface area contributed by atoms with Crippen molar-refractivity contribution in [2.45, 2.75) is 6.43 Å². The van der Waals surface area contributed by atoms with Crippen molar-refractivity contribution in [3.63, 3.8) is 0 Å². The highest BCUT2D eigenvalue weighted by Gasteiger charge is 2.08. The van der Waals surface area contributed by atoms with E-state index in [1.807, 2.05) is 0 Å². The van der Waals surface area contributed by atoms with E-state index in [1.54, 1.807) is 24.3 Å². The number of hydrogen-bond donors (Lipinski definition) is 0. The van der Waals surface area contributed by atoms with Crippen molar-refractivity contribution in [2.24, 2.45) is 0 Å². The Morgan fingerprint density at radius 3 is 2.60 bits per heavy atom. The van der Waals surface area contributed by atoms with E-state index in [4.69, 9.17) is 0 Å². The Kier molecular flexibility index (Phi) is 2.46. The first kappa shape index (κ1) is 9.77. The number of carbonyl (C=O) groups excluding carboxylic acids is 1. The van der Waals surface area contributed by atoms with Crippen molar-refractivity contribution in [2.75, 3.05) is 0 Å². The van der Waals surface area contributed by atoms with Crippen molar-refractivity contribution in [3.8, 4) is 0 Å². The van der Waals surface area contributed by atoms with E-state index in [9.17, 15) is 13.6 Å². The van der Waals surface area contributed by atoms with Gasteiger partial charge in [-0.25, -0.2) is 8.78 Å². The Hall–Kier alpha value is -1.77. The van der Waals surface area contributed by atoms with E-state index >= 15 is 0 Å². The molecular weight excluding hydrogens is 198 g/mol. The topological polar surface area (TPSA) is 17.1 Å². The van der Waals surface area contributed by atoms with Gasteiger partial charge in [-0.2, -0.15) is 0 Å². The van der Waals surface area contributed by atoms with Crippen molar-refractivity contribution >= 4 is 17.1 Å². The first-order valence-corrected chi connectivity index (χ1v) is 4.48. The van der Waals surface area contributed by atoms with Crippen LogP contribution in [-0.4, -0.2) is 6.29 Å². The summed E-state index contributed by atoms with van der Waals surface area (Å²) < 4.78 is 24.8. The number of benzene rings is 2. The zero-order chi connectivity index (χ0) is 10.8. The van der Waals surface area contributed by atoms with Crippen molar-refractivity contribution in [1.82, 2.24) is 0 Å². The fourth-order valence-electron chi connectivity index (χ4n) is 1.57.